The van der Waals surface area contributed by atoms with Crippen molar-refractivity contribution in [3.63, 3.8) is 0 Å². The number of alkyl halides is 2. The van der Waals surface area contributed by atoms with Gasteiger partial charge in [0.1, 0.15) is 0 Å². The smallest absolute Gasteiger partial charge is 0.248 e. The first-order valence-electron chi connectivity index (χ1n) is 10.0. The molecule has 2 fully saturated rings. The molecule has 0 spiro atoms. The van der Waals surface area contributed by atoms with Gasteiger partial charge in [-0.05, 0) is 56.4 Å². The highest BCUT2D eigenvalue weighted by atomic mass is 35.5. The van der Waals surface area contributed by atoms with Gasteiger partial charge in [0.15, 0.2) is 5.78 Å². The minimum atomic E-state index is -2.70. The van der Waals surface area contributed by atoms with Crippen LogP contribution in [0.25, 0.3) is 5.52 Å². The van der Waals surface area contributed by atoms with E-state index < -0.39 is 11.5 Å². The topological polar surface area (TPSA) is 50.9 Å². The molecule has 4 rings (SSSR count). The van der Waals surface area contributed by atoms with Crippen molar-refractivity contribution in [1.82, 2.24) is 4.40 Å². The molecular formula is C22H24ClF2NO3. The van der Waals surface area contributed by atoms with Crippen LogP contribution in [0.1, 0.15) is 67.1 Å². The minimum absolute atomic E-state index is 0.0304. The predicted octanol–water partition coefficient (Wildman–Crippen LogP) is 5.51. The summed E-state index contributed by atoms with van der Waals surface area (Å²) < 4.78 is 34.3. The number of fused-ring (bicyclic) bond motifs is 1. The molecule has 2 aromatic heterocycles. The summed E-state index contributed by atoms with van der Waals surface area (Å²) in [5.41, 5.74) is 0.816. The Hall–Kier alpha value is -1.76. The number of carbonyl (C=O) groups excluding carboxylic acids is 1. The Morgan fingerprint density at radius 3 is 2.79 bits per heavy atom. The van der Waals surface area contributed by atoms with Crippen LogP contribution < -0.4 is 0 Å². The highest BCUT2D eigenvalue weighted by Gasteiger charge is 2.41. The monoisotopic (exact) mass is 423 g/mol. The van der Waals surface area contributed by atoms with Crippen molar-refractivity contribution >= 4 is 22.9 Å². The zero-order valence-corrected chi connectivity index (χ0v) is 16.8. The molecule has 4 nitrogen and oxygen atoms in total. The second-order valence-electron chi connectivity index (χ2n) is 8.11. The predicted molar refractivity (Wildman–Crippen MR) is 107 cm³/mol. The van der Waals surface area contributed by atoms with Crippen LogP contribution in [0.2, 0.25) is 5.02 Å². The normalized spacial score (nSPS) is 23.8. The number of ether oxygens (including phenoxy) is 1. The van der Waals surface area contributed by atoms with Gasteiger partial charge < -0.3 is 14.2 Å². The third-order valence-corrected chi connectivity index (χ3v) is 6.28. The van der Waals surface area contributed by atoms with E-state index in [0.29, 0.717) is 22.7 Å². The van der Waals surface area contributed by atoms with Gasteiger partial charge in [-0.1, -0.05) is 17.7 Å². The number of rotatable bonds is 5. The maximum absolute atomic E-state index is 13.3. The van der Waals surface area contributed by atoms with Crippen LogP contribution in [-0.2, 0) is 4.74 Å². The number of nitrogens with zero attached hydrogens (tertiary/aromatic N) is 1. The molecule has 0 aromatic carbocycles. The molecule has 1 aliphatic heterocycles. The first-order chi connectivity index (χ1) is 13.8. The van der Waals surface area contributed by atoms with Crippen molar-refractivity contribution in [3.8, 4) is 0 Å². The van der Waals surface area contributed by atoms with Gasteiger partial charge in [-0.25, -0.2) is 8.78 Å². The number of ketones is 1. The molecular weight excluding hydrogens is 400 g/mol. The Bertz CT molecular complexity index is 937. The van der Waals surface area contributed by atoms with Crippen molar-refractivity contribution < 1.29 is 23.4 Å². The van der Waals surface area contributed by atoms with E-state index in [-0.39, 0.29) is 44.0 Å². The summed E-state index contributed by atoms with van der Waals surface area (Å²) in [6, 6.07) is 5.38. The Labute approximate surface area is 173 Å². The second kappa shape index (κ2) is 7.82. The van der Waals surface area contributed by atoms with Gasteiger partial charge in [0.25, 0.3) is 0 Å². The molecule has 2 aromatic rings. The fraction of sp³-hybridized carbons (Fsp3) is 0.500. The van der Waals surface area contributed by atoms with E-state index in [4.69, 9.17) is 16.3 Å². The Morgan fingerprint density at radius 1 is 1.34 bits per heavy atom. The van der Waals surface area contributed by atoms with Crippen molar-refractivity contribution in [1.29, 1.82) is 0 Å². The molecule has 1 atom stereocenters. The van der Waals surface area contributed by atoms with Crippen LogP contribution in [0.4, 0.5) is 8.78 Å². The van der Waals surface area contributed by atoms with Crippen LogP contribution in [0, 0.1) is 0 Å². The molecule has 156 valence electrons. The SMILES string of the molecule is O=C(/C=C/CC1(O)CCC(F)(F)CC1)c1cc(C2CCCO2)n2cccc(Cl)c12. The molecule has 0 radical (unpaired) electrons. The van der Waals surface area contributed by atoms with Gasteiger partial charge in [0.05, 0.1) is 27.9 Å². The highest BCUT2D eigenvalue weighted by molar-refractivity contribution is 6.35. The van der Waals surface area contributed by atoms with E-state index in [1.165, 1.54) is 6.08 Å². The van der Waals surface area contributed by atoms with Crippen molar-refractivity contribution in [3.05, 3.63) is 52.8 Å². The third kappa shape index (κ3) is 4.25. The van der Waals surface area contributed by atoms with Gasteiger partial charge in [-0.3, -0.25) is 4.79 Å². The summed E-state index contributed by atoms with van der Waals surface area (Å²) in [6.07, 6.45) is 6.23. The molecule has 0 bridgehead atoms. The average Bonchev–Trinajstić information content (AvgIpc) is 3.33. The van der Waals surface area contributed by atoms with Crippen LogP contribution >= 0.6 is 11.6 Å². The summed E-state index contributed by atoms with van der Waals surface area (Å²) in [5, 5.41) is 11.0. The zero-order chi connectivity index (χ0) is 20.6. The van der Waals surface area contributed by atoms with E-state index >= 15 is 0 Å². The number of aromatic nitrogens is 1. The van der Waals surface area contributed by atoms with E-state index in [1.807, 2.05) is 22.7 Å². The summed E-state index contributed by atoms with van der Waals surface area (Å²) in [4.78, 5) is 12.9. The van der Waals surface area contributed by atoms with Gasteiger partial charge in [-0.15, -0.1) is 0 Å². The molecule has 0 amide bonds. The first-order valence-corrected chi connectivity index (χ1v) is 10.4. The number of allylic oxidation sites excluding steroid dienone is 1. The van der Waals surface area contributed by atoms with Gasteiger partial charge in [-0.2, -0.15) is 0 Å². The van der Waals surface area contributed by atoms with Gasteiger partial charge in [0.2, 0.25) is 5.92 Å². The van der Waals surface area contributed by atoms with E-state index in [9.17, 15) is 18.7 Å². The van der Waals surface area contributed by atoms with Crippen LogP contribution in [0.5, 0.6) is 0 Å². The van der Waals surface area contributed by atoms with Crippen LogP contribution in [0.15, 0.2) is 36.5 Å². The third-order valence-electron chi connectivity index (χ3n) is 5.97. The van der Waals surface area contributed by atoms with E-state index in [0.717, 1.165) is 18.5 Å². The van der Waals surface area contributed by atoms with Crippen molar-refractivity contribution in [2.45, 2.75) is 62.6 Å². The quantitative estimate of drug-likeness (QED) is 0.509. The van der Waals surface area contributed by atoms with E-state index in [1.54, 1.807) is 12.1 Å². The largest absolute Gasteiger partial charge is 0.390 e. The number of hydrogen-bond acceptors (Lipinski definition) is 3. The van der Waals surface area contributed by atoms with Crippen LogP contribution in [-0.4, -0.2) is 33.4 Å². The first kappa shape index (κ1) is 20.5. The summed E-state index contributed by atoms with van der Waals surface area (Å²) in [6.45, 7) is 0.694. The number of pyridine rings is 1. The van der Waals surface area contributed by atoms with Gasteiger partial charge in [0, 0.05) is 31.2 Å². The lowest BCUT2D eigenvalue weighted by Gasteiger charge is -2.35. The summed E-state index contributed by atoms with van der Waals surface area (Å²) in [5.74, 6) is -2.93. The average molecular weight is 424 g/mol. The molecule has 1 saturated carbocycles. The fourth-order valence-electron chi connectivity index (χ4n) is 4.25. The molecule has 29 heavy (non-hydrogen) atoms. The molecule has 1 saturated heterocycles. The van der Waals surface area contributed by atoms with Crippen molar-refractivity contribution in [2.24, 2.45) is 0 Å². The fourth-order valence-corrected chi connectivity index (χ4v) is 4.51. The Kier molecular flexibility index (Phi) is 5.53. The number of carbonyl (C=O) groups is 1. The Balaban J connectivity index is 1.55. The minimum Gasteiger partial charge on any atom is -0.390 e. The van der Waals surface area contributed by atoms with Crippen LogP contribution in [0.3, 0.4) is 0 Å². The molecule has 1 N–H and O–H groups in total. The summed E-state index contributed by atoms with van der Waals surface area (Å²) >= 11 is 6.38. The lowest BCUT2D eigenvalue weighted by molar-refractivity contribution is -0.102. The lowest BCUT2D eigenvalue weighted by Crippen LogP contribution is -2.38. The number of halogens is 3. The van der Waals surface area contributed by atoms with Crippen molar-refractivity contribution in [2.75, 3.05) is 6.61 Å². The van der Waals surface area contributed by atoms with Gasteiger partial charge >= 0.3 is 0 Å². The Morgan fingerprint density at radius 2 is 2.10 bits per heavy atom. The molecule has 2 aliphatic rings. The second-order valence-corrected chi connectivity index (χ2v) is 8.52. The highest BCUT2D eigenvalue weighted by Crippen LogP contribution is 2.40. The lowest BCUT2D eigenvalue weighted by atomic mass is 9.80. The molecule has 7 heteroatoms. The maximum atomic E-state index is 13.3. The maximum Gasteiger partial charge on any atom is 0.248 e. The standard InChI is InChI=1S/C22H24ClF2NO3/c23-16-4-2-12-26-17(19-6-3-13-29-19)14-15(20(16)26)18(27)5-1-7-21(28)8-10-22(24,25)11-9-21/h1-2,4-5,12,14,19,28H,3,6-11,13H2/b5-1+. The zero-order valence-electron chi connectivity index (χ0n) is 16.0. The summed E-state index contributed by atoms with van der Waals surface area (Å²) in [7, 11) is 0. The molecule has 3 heterocycles. The van der Waals surface area contributed by atoms with E-state index in [2.05, 4.69) is 0 Å². The molecule has 1 aliphatic carbocycles. The number of aliphatic hydroxyl groups is 1. The number of hydrogen-bond donors (Lipinski definition) is 1. The molecule has 1 unspecified atom stereocenters.